The van der Waals surface area contributed by atoms with Crippen LogP contribution >= 0.6 is 11.8 Å². The van der Waals surface area contributed by atoms with Crippen LogP contribution in [0, 0.1) is 5.92 Å². The molecule has 1 N–H and O–H groups in total. The van der Waals surface area contributed by atoms with Crippen molar-refractivity contribution < 1.29 is 4.74 Å². The molecule has 1 aliphatic carbocycles. The molecule has 1 fully saturated rings. The van der Waals surface area contributed by atoms with Gasteiger partial charge in [-0.2, -0.15) is 11.8 Å². The highest BCUT2D eigenvalue weighted by Gasteiger charge is 2.20. The summed E-state index contributed by atoms with van der Waals surface area (Å²) in [5.41, 5.74) is 0. The summed E-state index contributed by atoms with van der Waals surface area (Å²) >= 11 is 1.91. The maximum Gasteiger partial charge on any atom is 0.0591 e. The molecule has 0 atom stereocenters. The van der Waals surface area contributed by atoms with Crippen molar-refractivity contribution in [2.45, 2.75) is 19.3 Å². The molecule has 0 saturated heterocycles. The summed E-state index contributed by atoms with van der Waals surface area (Å²) in [6.07, 6.45) is 6.20. The fraction of sp³-hybridized carbons (Fsp3) is 1.00. The third-order valence-corrected chi connectivity index (χ3v) is 2.87. The van der Waals surface area contributed by atoms with Gasteiger partial charge in [0, 0.05) is 13.2 Å². The van der Waals surface area contributed by atoms with Gasteiger partial charge < -0.3 is 10.1 Å². The van der Waals surface area contributed by atoms with E-state index >= 15 is 0 Å². The van der Waals surface area contributed by atoms with Crippen LogP contribution in [0.2, 0.25) is 0 Å². The Balaban J connectivity index is 1.63. The van der Waals surface area contributed by atoms with Gasteiger partial charge in [-0.25, -0.2) is 0 Å². The highest BCUT2D eigenvalue weighted by Crippen LogP contribution is 2.28. The molecule has 1 saturated carbocycles. The maximum absolute atomic E-state index is 5.50. The summed E-state index contributed by atoms with van der Waals surface area (Å²) < 4.78 is 5.50. The van der Waals surface area contributed by atoms with Crippen molar-refractivity contribution in [1.29, 1.82) is 0 Å². The molecule has 1 aliphatic rings. The van der Waals surface area contributed by atoms with Crippen molar-refractivity contribution in [2.75, 3.05) is 38.3 Å². The Bertz CT molecular complexity index is 117. The first-order valence-electron chi connectivity index (χ1n) is 5.21. The number of hydrogen-bond donors (Lipinski definition) is 1. The van der Waals surface area contributed by atoms with Gasteiger partial charge in [0.2, 0.25) is 0 Å². The fourth-order valence-corrected chi connectivity index (χ4v) is 1.58. The van der Waals surface area contributed by atoms with E-state index in [1.54, 1.807) is 0 Å². The van der Waals surface area contributed by atoms with Crippen molar-refractivity contribution in [3.63, 3.8) is 0 Å². The normalized spacial score (nSPS) is 16.4. The second kappa shape index (κ2) is 7.65. The molecule has 13 heavy (non-hydrogen) atoms. The van der Waals surface area contributed by atoms with E-state index in [-0.39, 0.29) is 0 Å². The van der Waals surface area contributed by atoms with E-state index in [9.17, 15) is 0 Å². The molecular formula is C10H21NOS. The molecule has 0 amide bonds. The minimum atomic E-state index is 0.885. The zero-order valence-corrected chi connectivity index (χ0v) is 9.37. The number of ether oxygens (including phenoxy) is 1. The summed E-state index contributed by atoms with van der Waals surface area (Å²) in [5.74, 6) is 2.16. The molecule has 0 radical (unpaired) electrons. The number of thioether (sulfide) groups is 1. The minimum absolute atomic E-state index is 0.885. The van der Waals surface area contributed by atoms with Crippen molar-refractivity contribution in [2.24, 2.45) is 5.92 Å². The Hall–Kier alpha value is 0.270. The van der Waals surface area contributed by atoms with Gasteiger partial charge in [0.1, 0.15) is 0 Å². The van der Waals surface area contributed by atoms with E-state index in [1.165, 1.54) is 25.0 Å². The van der Waals surface area contributed by atoms with Gasteiger partial charge in [0.25, 0.3) is 0 Å². The third-order valence-electron chi connectivity index (χ3n) is 2.18. The Labute approximate surface area is 85.8 Å². The molecule has 3 heteroatoms. The predicted octanol–water partition coefficient (Wildman–Crippen LogP) is 1.76. The Kier molecular flexibility index (Phi) is 6.68. The van der Waals surface area contributed by atoms with Crippen molar-refractivity contribution in [3.05, 3.63) is 0 Å². The predicted molar refractivity (Wildman–Crippen MR) is 59.4 cm³/mol. The van der Waals surface area contributed by atoms with Crippen LogP contribution in [0.1, 0.15) is 19.3 Å². The first-order chi connectivity index (χ1) is 6.43. The van der Waals surface area contributed by atoms with Crippen LogP contribution in [-0.4, -0.2) is 38.3 Å². The molecule has 0 aromatic rings. The van der Waals surface area contributed by atoms with E-state index in [4.69, 9.17) is 4.74 Å². The van der Waals surface area contributed by atoms with Gasteiger partial charge in [0.05, 0.1) is 6.61 Å². The van der Waals surface area contributed by atoms with Crippen LogP contribution in [0.15, 0.2) is 0 Å². The van der Waals surface area contributed by atoms with Gasteiger partial charge in [0.15, 0.2) is 0 Å². The lowest BCUT2D eigenvalue weighted by atomic mass is 10.4. The number of hydrogen-bond acceptors (Lipinski definition) is 3. The molecule has 0 aliphatic heterocycles. The highest BCUT2D eigenvalue weighted by atomic mass is 32.2. The molecule has 1 rings (SSSR count). The maximum atomic E-state index is 5.50. The van der Waals surface area contributed by atoms with Crippen molar-refractivity contribution >= 4 is 11.8 Å². The SMILES string of the molecule is CSCCCNCCOCC1CC1. The van der Waals surface area contributed by atoms with E-state index < -0.39 is 0 Å². The Morgan fingerprint density at radius 1 is 1.38 bits per heavy atom. The van der Waals surface area contributed by atoms with E-state index in [0.717, 1.165) is 32.2 Å². The monoisotopic (exact) mass is 203 g/mol. The van der Waals surface area contributed by atoms with Crippen LogP contribution in [0.25, 0.3) is 0 Å². The van der Waals surface area contributed by atoms with E-state index in [0.29, 0.717) is 0 Å². The smallest absolute Gasteiger partial charge is 0.0591 e. The average molecular weight is 203 g/mol. The third kappa shape index (κ3) is 7.35. The summed E-state index contributed by atoms with van der Waals surface area (Å²) in [6.45, 7) is 4.02. The molecule has 0 aromatic heterocycles. The van der Waals surface area contributed by atoms with E-state index in [2.05, 4.69) is 11.6 Å². The van der Waals surface area contributed by atoms with Crippen molar-refractivity contribution in [1.82, 2.24) is 5.32 Å². The lowest BCUT2D eigenvalue weighted by Gasteiger charge is -2.04. The van der Waals surface area contributed by atoms with Crippen LogP contribution in [0.3, 0.4) is 0 Å². The lowest BCUT2D eigenvalue weighted by molar-refractivity contribution is 0.126. The second-order valence-corrected chi connectivity index (χ2v) is 4.60. The van der Waals surface area contributed by atoms with Gasteiger partial charge in [-0.05, 0) is 43.7 Å². The zero-order valence-electron chi connectivity index (χ0n) is 8.55. The van der Waals surface area contributed by atoms with Crippen LogP contribution in [-0.2, 0) is 4.74 Å². The first kappa shape index (κ1) is 11.3. The Morgan fingerprint density at radius 2 is 2.23 bits per heavy atom. The largest absolute Gasteiger partial charge is 0.380 e. The highest BCUT2D eigenvalue weighted by molar-refractivity contribution is 7.98. The van der Waals surface area contributed by atoms with E-state index in [1.807, 2.05) is 11.8 Å². The topological polar surface area (TPSA) is 21.3 Å². The minimum Gasteiger partial charge on any atom is -0.380 e. The van der Waals surface area contributed by atoms with Crippen LogP contribution in [0.5, 0.6) is 0 Å². The summed E-state index contributed by atoms with van der Waals surface area (Å²) in [6, 6.07) is 0. The number of rotatable bonds is 9. The average Bonchev–Trinajstić information content (AvgIpc) is 2.93. The van der Waals surface area contributed by atoms with Gasteiger partial charge >= 0.3 is 0 Å². The van der Waals surface area contributed by atoms with Gasteiger partial charge in [-0.15, -0.1) is 0 Å². The summed E-state index contributed by atoms with van der Waals surface area (Å²) in [4.78, 5) is 0. The van der Waals surface area contributed by atoms with Gasteiger partial charge in [-0.3, -0.25) is 0 Å². The first-order valence-corrected chi connectivity index (χ1v) is 6.60. The molecule has 0 aromatic carbocycles. The summed E-state index contributed by atoms with van der Waals surface area (Å²) in [7, 11) is 0. The standard InChI is InChI=1S/C10H21NOS/c1-13-8-2-5-11-6-7-12-9-10-3-4-10/h10-11H,2-9H2,1H3. The lowest BCUT2D eigenvalue weighted by Crippen LogP contribution is -2.21. The van der Waals surface area contributed by atoms with Crippen molar-refractivity contribution in [3.8, 4) is 0 Å². The zero-order chi connectivity index (χ0) is 9.36. The summed E-state index contributed by atoms with van der Waals surface area (Å²) in [5, 5.41) is 3.38. The molecular weight excluding hydrogens is 182 g/mol. The molecule has 0 spiro atoms. The van der Waals surface area contributed by atoms with Crippen LogP contribution in [0.4, 0.5) is 0 Å². The molecule has 0 bridgehead atoms. The molecule has 2 nitrogen and oxygen atoms in total. The quantitative estimate of drug-likeness (QED) is 0.577. The fourth-order valence-electron chi connectivity index (χ4n) is 1.15. The molecule has 0 heterocycles. The Morgan fingerprint density at radius 3 is 2.92 bits per heavy atom. The second-order valence-electron chi connectivity index (χ2n) is 3.61. The molecule has 78 valence electrons. The number of nitrogens with one attached hydrogen (secondary N) is 1. The molecule has 0 unspecified atom stereocenters. The van der Waals surface area contributed by atoms with Crippen LogP contribution < -0.4 is 5.32 Å². The van der Waals surface area contributed by atoms with Gasteiger partial charge in [-0.1, -0.05) is 0 Å².